The zero-order chi connectivity index (χ0) is 18.6. The van der Waals surface area contributed by atoms with Crippen LogP contribution in [0.4, 0.5) is 10.5 Å². The number of para-hydroxylation sites is 1. The maximum atomic E-state index is 12.6. The van der Waals surface area contributed by atoms with E-state index in [0.717, 1.165) is 18.4 Å². The number of rotatable bonds is 6. The summed E-state index contributed by atoms with van der Waals surface area (Å²) in [5.74, 6) is -0.302. The van der Waals surface area contributed by atoms with Gasteiger partial charge in [-0.2, -0.15) is 0 Å². The summed E-state index contributed by atoms with van der Waals surface area (Å²) in [6.07, 6.45) is 0.451. The van der Waals surface area contributed by atoms with Crippen LogP contribution in [0.5, 0.6) is 0 Å². The number of aliphatic hydroxyl groups excluding tert-OH is 1. The quantitative estimate of drug-likeness (QED) is 0.744. The molecular weight excluding hydrogens is 332 g/mol. The van der Waals surface area contributed by atoms with Gasteiger partial charge in [-0.05, 0) is 30.5 Å². The van der Waals surface area contributed by atoms with E-state index < -0.39 is 12.2 Å². The fourth-order valence-corrected chi connectivity index (χ4v) is 3.00. The Bertz CT molecular complexity index is 787. The summed E-state index contributed by atoms with van der Waals surface area (Å²) in [5, 5.41) is 16.1. The second-order valence-corrected chi connectivity index (χ2v) is 6.52. The molecule has 6 heteroatoms. The van der Waals surface area contributed by atoms with Crippen molar-refractivity contribution in [2.45, 2.75) is 18.9 Å². The molecule has 6 nitrogen and oxygen atoms in total. The largest absolute Gasteiger partial charge is 0.453 e. The fraction of sp³-hybridized carbons (Fsp3) is 0.300. The van der Waals surface area contributed by atoms with Gasteiger partial charge in [0.05, 0.1) is 24.5 Å². The Morgan fingerprint density at radius 1 is 1.12 bits per heavy atom. The minimum Gasteiger partial charge on any atom is -0.453 e. The van der Waals surface area contributed by atoms with Gasteiger partial charge >= 0.3 is 6.09 Å². The van der Waals surface area contributed by atoms with Gasteiger partial charge in [0.1, 0.15) is 0 Å². The molecule has 136 valence electrons. The number of hydrogen-bond acceptors (Lipinski definition) is 4. The lowest BCUT2D eigenvalue weighted by Crippen LogP contribution is -2.33. The third kappa shape index (κ3) is 3.86. The summed E-state index contributed by atoms with van der Waals surface area (Å²) in [5.41, 5.74) is 1.25. The predicted octanol–water partition coefficient (Wildman–Crippen LogP) is 3.11. The standard InChI is InChI=1S/C20H22N2O4/c1-26-19(25)22-16-10-6-5-9-15(16)18(24)21-13-20(11-12-20)17(23)14-7-3-2-4-8-14/h2-10,17,23H,11-13H2,1H3,(H,21,24)(H,22,25). The van der Waals surface area contributed by atoms with Crippen LogP contribution in [0.2, 0.25) is 0 Å². The van der Waals surface area contributed by atoms with E-state index in [1.165, 1.54) is 7.11 Å². The molecule has 0 bridgehead atoms. The molecule has 0 aliphatic heterocycles. The molecule has 1 saturated carbocycles. The van der Waals surface area contributed by atoms with Crippen molar-refractivity contribution >= 4 is 17.7 Å². The Balaban J connectivity index is 1.67. The maximum Gasteiger partial charge on any atom is 0.411 e. The number of benzene rings is 2. The Morgan fingerprint density at radius 2 is 1.77 bits per heavy atom. The lowest BCUT2D eigenvalue weighted by atomic mass is 9.92. The van der Waals surface area contributed by atoms with Gasteiger partial charge in [-0.15, -0.1) is 0 Å². The number of amides is 2. The van der Waals surface area contributed by atoms with Crippen LogP contribution in [0.1, 0.15) is 34.9 Å². The minimum absolute atomic E-state index is 0.302. The molecule has 0 heterocycles. The van der Waals surface area contributed by atoms with Crippen LogP contribution in [-0.2, 0) is 4.74 Å². The first kappa shape index (κ1) is 17.9. The van der Waals surface area contributed by atoms with Crippen LogP contribution < -0.4 is 10.6 Å². The van der Waals surface area contributed by atoms with E-state index in [1.807, 2.05) is 30.3 Å². The number of hydrogen-bond donors (Lipinski definition) is 3. The Morgan fingerprint density at radius 3 is 2.42 bits per heavy atom. The predicted molar refractivity (Wildman–Crippen MR) is 97.9 cm³/mol. The van der Waals surface area contributed by atoms with Gasteiger partial charge in [0.15, 0.2) is 0 Å². The van der Waals surface area contributed by atoms with Crippen molar-refractivity contribution in [1.29, 1.82) is 0 Å². The van der Waals surface area contributed by atoms with Gasteiger partial charge in [-0.1, -0.05) is 42.5 Å². The van der Waals surface area contributed by atoms with Crippen molar-refractivity contribution in [3.8, 4) is 0 Å². The topological polar surface area (TPSA) is 87.7 Å². The highest BCUT2D eigenvalue weighted by atomic mass is 16.5. The molecule has 2 amide bonds. The molecular formula is C20H22N2O4. The van der Waals surface area contributed by atoms with E-state index in [0.29, 0.717) is 17.8 Å². The first-order valence-electron chi connectivity index (χ1n) is 8.51. The number of methoxy groups -OCH3 is 1. The van der Waals surface area contributed by atoms with E-state index in [4.69, 9.17) is 0 Å². The second kappa shape index (κ2) is 7.58. The average Bonchev–Trinajstić information content (AvgIpc) is 3.47. The number of anilines is 1. The molecule has 1 fully saturated rings. The van der Waals surface area contributed by atoms with E-state index >= 15 is 0 Å². The second-order valence-electron chi connectivity index (χ2n) is 6.52. The van der Waals surface area contributed by atoms with Gasteiger partial charge in [-0.25, -0.2) is 4.79 Å². The summed E-state index contributed by atoms with van der Waals surface area (Å²) >= 11 is 0. The zero-order valence-electron chi connectivity index (χ0n) is 14.6. The molecule has 0 aromatic heterocycles. The van der Waals surface area contributed by atoms with E-state index in [1.54, 1.807) is 24.3 Å². The van der Waals surface area contributed by atoms with Gasteiger partial charge in [0, 0.05) is 12.0 Å². The maximum absolute atomic E-state index is 12.6. The number of aliphatic hydroxyl groups is 1. The normalized spacial score (nSPS) is 15.6. The van der Waals surface area contributed by atoms with Crippen molar-refractivity contribution < 1.29 is 19.4 Å². The van der Waals surface area contributed by atoms with E-state index in [9.17, 15) is 14.7 Å². The van der Waals surface area contributed by atoms with Crippen LogP contribution in [0.25, 0.3) is 0 Å². The van der Waals surface area contributed by atoms with Crippen molar-refractivity contribution in [3.63, 3.8) is 0 Å². The minimum atomic E-state index is -0.636. The van der Waals surface area contributed by atoms with Crippen LogP contribution in [-0.4, -0.2) is 30.8 Å². The van der Waals surface area contributed by atoms with Crippen molar-refractivity contribution in [1.82, 2.24) is 5.32 Å². The molecule has 0 spiro atoms. The molecule has 26 heavy (non-hydrogen) atoms. The molecule has 0 radical (unpaired) electrons. The van der Waals surface area contributed by atoms with Crippen molar-refractivity contribution in [3.05, 3.63) is 65.7 Å². The summed E-state index contributed by atoms with van der Waals surface area (Å²) < 4.78 is 4.58. The fourth-order valence-electron chi connectivity index (χ4n) is 3.00. The van der Waals surface area contributed by atoms with Crippen molar-refractivity contribution in [2.75, 3.05) is 19.0 Å². The monoisotopic (exact) mass is 354 g/mol. The highest BCUT2D eigenvalue weighted by molar-refractivity contribution is 6.02. The first-order valence-corrected chi connectivity index (χ1v) is 8.51. The van der Waals surface area contributed by atoms with Crippen LogP contribution >= 0.6 is 0 Å². The number of carbonyl (C=O) groups is 2. The number of nitrogens with one attached hydrogen (secondary N) is 2. The summed E-state index contributed by atoms with van der Waals surface area (Å²) in [4.78, 5) is 24.0. The van der Waals surface area contributed by atoms with Gasteiger partial charge in [0.2, 0.25) is 0 Å². The average molecular weight is 354 g/mol. The Hall–Kier alpha value is -2.86. The lowest BCUT2D eigenvalue weighted by molar-refractivity contribution is 0.0808. The van der Waals surface area contributed by atoms with Gasteiger partial charge in [-0.3, -0.25) is 10.1 Å². The van der Waals surface area contributed by atoms with Crippen molar-refractivity contribution in [2.24, 2.45) is 5.41 Å². The molecule has 2 aromatic rings. The van der Waals surface area contributed by atoms with E-state index in [-0.39, 0.29) is 11.3 Å². The lowest BCUT2D eigenvalue weighted by Gasteiger charge is -2.23. The highest BCUT2D eigenvalue weighted by Crippen LogP contribution is 2.54. The third-order valence-corrected chi connectivity index (χ3v) is 4.78. The molecule has 3 rings (SSSR count). The van der Waals surface area contributed by atoms with Crippen LogP contribution in [0, 0.1) is 5.41 Å². The number of carbonyl (C=O) groups excluding carboxylic acids is 2. The first-order chi connectivity index (χ1) is 12.6. The summed E-state index contributed by atoms with van der Waals surface area (Å²) in [7, 11) is 1.26. The molecule has 2 aromatic carbocycles. The molecule has 1 atom stereocenters. The SMILES string of the molecule is COC(=O)Nc1ccccc1C(=O)NCC1(C(O)c2ccccc2)CC1. The van der Waals surface area contributed by atoms with E-state index in [2.05, 4.69) is 15.4 Å². The smallest absolute Gasteiger partial charge is 0.411 e. The third-order valence-electron chi connectivity index (χ3n) is 4.78. The number of ether oxygens (including phenoxy) is 1. The van der Waals surface area contributed by atoms with Crippen LogP contribution in [0.3, 0.4) is 0 Å². The van der Waals surface area contributed by atoms with Gasteiger partial charge < -0.3 is 15.2 Å². The molecule has 3 N–H and O–H groups in total. The molecule has 1 aliphatic carbocycles. The molecule has 1 unspecified atom stereocenters. The highest BCUT2D eigenvalue weighted by Gasteiger charge is 2.49. The Labute approximate surface area is 152 Å². The molecule has 1 aliphatic rings. The van der Waals surface area contributed by atoms with Gasteiger partial charge in [0.25, 0.3) is 5.91 Å². The zero-order valence-corrected chi connectivity index (χ0v) is 14.6. The summed E-state index contributed by atoms with van der Waals surface area (Å²) in [6.45, 7) is 0.369. The van der Waals surface area contributed by atoms with Crippen LogP contribution in [0.15, 0.2) is 54.6 Å². The summed E-state index contributed by atoms with van der Waals surface area (Å²) in [6, 6.07) is 16.2. The Kier molecular flexibility index (Phi) is 5.23. The molecule has 0 saturated heterocycles.